The average Bonchev–Trinajstić information content (AvgIpc) is 2.49. The third kappa shape index (κ3) is 6.64. The lowest BCUT2D eigenvalue weighted by Gasteiger charge is -2.24. The summed E-state index contributed by atoms with van der Waals surface area (Å²) < 4.78 is 5.93. The van der Waals surface area contributed by atoms with Gasteiger partial charge < -0.3 is 20.7 Å². The first kappa shape index (κ1) is 18.7. The van der Waals surface area contributed by atoms with Crippen molar-refractivity contribution in [3.63, 3.8) is 0 Å². The summed E-state index contributed by atoms with van der Waals surface area (Å²) in [4.78, 5) is 13.1. The van der Waals surface area contributed by atoms with Crippen LogP contribution in [-0.4, -0.2) is 44.2 Å². The Balaban J connectivity index is 2.70. The second-order valence-electron chi connectivity index (χ2n) is 5.13. The van der Waals surface area contributed by atoms with Gasteiger partial charge in [0.05, 0.1) is 12.7 Å². The fraction of sp³-hybridized carbons (Fsp3) is 0.562. The molecule has 0 heterocycles. The van der Waals surface area contributed by atoms with E-state index >= 15 is 0 Å². The number of nitrogens with zero attached hydrogens (tertiary/aromatic N) is 1. The van der Waals surface area contributed by atoms with Crippen molar-refractivity contribution < 1.29 is 9.53 Å². The number of halogens is 1. The average molecular weight is 328 g/mol. The maximum absolute atomic E-state index is 11.4. The third-order valence-corrected chi connectivity index (χ3v) is 3.59. The molecule has 0 aliphatic carbocycles. The molecule has 3 N–H and O–H groups in total. The molecule has 0 aromatic heterocycles. The molecule has 0 aliphatic rings. The van der Waals surface area contributed by atoms with E-state index in [0.717, 1.165) is 18.5 Å². The first-order valence-corrected chi connectivity index (χ1v) is 8.02. The van der Waals surface area contributed by atoms with E-state index in [2.05, 4.69) is 5.32 Å². The molecule has 1 aromatic rings. The second-order valence-corrected chi connectivity index (χ2v) is 5.57. The van der Waals surface area contributed by atoms with Gasteiger partial charge in [-0.05, 0) is 37.6 Å². The highest BCUT2D eigenvalue weighted by atomic mass is 35.5. The van der Waals surface area contributed by atoms with Gasteiger partial charge >= 0.3 is 6.03 Å². The standard InChI is InChI=1S/C16H26ClN3O2/c1-3-9-20(16(18)21)10-7-15(22-11-8-19-2)13-5-4-6-14(17)12-13/h4-6,12,15,19H,3,7-11H2,1-2H3,(H2,18,21). The molecule has 5 nitrogen and oxygen atoms in total. The van der Waals surface area contributed by atoms with E-state index in [4.69, 9.17) is 22.1 Å². The van der Waals surface area contributed by atoms with Gasteiger partial charge in [-0.1, -0.05) is 30.7 Å². The first-order valence-electron chi connectivity index (χ1n) is 7.64. The summed E-state index contributed by atoms with van der Waals surface area (Å²) in [6, 6.07) is 7.25. The molecule has 0 spiro atoms. The molecule has 1 unspecified atom stereocenters. The molecular weight excluding hydrogens is 302 g/mol. The van der Waals surface area contributed by atoms with Gasteiger partial charge in [-0.25, -0.2) is 4.79 Å². The summed E-state index contributed by atoms with van der Waals surface area (Å²) in [7, 11) is 1.88. The largest absolute Gasteiger partial charge is 0.372 e. The highest BCUT2D eigenvalue weighted by Crippen LogP contribution is 2.24. The number of likely N-dealkylation sites (N-methyl/N-ethyl adjacent to an activating group) is 1. The predicted octanol–water partition coefficient (Wildman–Crippen LogP) is 2.80. The van der Waals surface area contributed by atoms with Crippen LogP contribution in [0.2, 0.25) is 5.02 Å². The van der Waals surface area contributed by atoms with Crippen LogP contribution in [0.15, 0.2) is 24.3 Å². The van der Waals surface area contributed by atoms with Crippen LogP contribution >= 0.6 is 11.6 Å². The van der Waals surface area contributed by atoms with Crippen LogP contribution in [0, 0.1) is 0 Å². The highest BCUT2D eigenvalue weighted by Gasteiger charge is 2.16. The van der Waals surface area contributed by atoms with Crippen molar-refractivity contribution in [1.29, 1.82) is 0 Å². The fourth-order valence-electron chi connectivity index (χ4n) is 2.23. The van der Waals surface area contributed by atoms with Crippen molar-refractivity contribution in [3.05, 3.63) is 34.9 Å². The highest BCUT2D eigenvalue weighted by molar-refractivity contribution is 6.30. The maximum Gasteiger partial charge on any atom is 0.314 e. The summed E-state index contributed by atoms with van der Waals surface area (Å²) in [5.74, 6) is 0. The molecular formula is C16H26ClN3O2. The summed E-state index contributed by atoms with van der Waals surface area (Å²) >= 11 is 6.06. The zero-order valence-electron chi connectivity index (χ0n) is 13.3. The van der Waals surface area contributed by atoms with E-state index in [9.17, 15) is 4.79 Å². The minimum atomic E-state index is -0.387. The number of primary amides is 1. The summed E-state index contributed by atoms with van der Waals surface area (Å²) in [6.07, 6.45) is 1.46. The van der Waals surface area contributed by atoms with Gasteiger partial charge in [-0.2, -0.15) is 0 Å². The molecule has 6 heteroatoms. The third-order valence-electron chi connectivity index (χ3n) is 3.36. The van der Waals surface area contributed by atoms with Gasteiger partial charge in [-0.3, -0.25) is 0 Å². The Labute approximate surface area is 137 Å². The molecule has 0 aliphatic heterocycles. The number of carbonyl (C=O) groups excluding carboxylic acids is 1. The minimum Gasteiger partial charge on any atom is -0.372 e. The van der Waals surface area contributed by atoms with Crippen LogP contribution in [0.5, 0.6) is 0 Å². The van der Waals surface area contributed by atoms with Gasteiger partial charge in [0.1, 0.15) is 0 Å². The molecule has 22 heavy (non-hydrogen) atoms. The van der Waals surface area contributed by atoms with Crippen LogP contribution < -0.4 is 11.1 Å². The number of hydrogen-bond donors (Lipinski definition) is 2. The van der Waals surface area contributed by atoms with Gasteiger partial charge in [0.2, 0.25) is 0 Å². The van der Waals surface area contributed by atoms with Crippen molar-refractivity contribution in [3.8, 4) is 0 Å². The molecule has 1 atom stereocenters. The molecule has 124 valence electrons. The van der Waals surface area contributed by atoms with Crippen molar-refractivity contribution in [2.45, 2.75) is 25.9 Å². The number of urea groups is 1. The van der Waals surface area contributed by atoms with Crippen LogP contribution in [0.4, 0.5) is 4.79 Å². The topological polar surface area (TPSA) is 67.6 Å². The zero-order valence-corrected chi connectivity index (χ0v) is 14.1. The van der Waals surface area contributed by atoms with Crippen LogP contribution in [0.3, 0.4) is 0 Å². The number of ether oxygens (including phenoxy) is 1. The maximum atomic E-state index is 11.4. The van der Waals surface area contributed by atoms with E-state index in [1.54, 1.807) is 4.90 Å². The second kappa shape index (κ2) is 10.4. The van der Waals surface area contributed by atoms with Crippen LogP contribution in [0.25, 0.3) is 0 Å². The molecule has 1 aromatic carbocycles. The quantitative estimate of drug-likeness (QED) is 0.649. The van der Waals surface area contributed by atoms with Gasteiger partial charge in [0.25, 0.3) is 0 Å². The summed E-state index contributed by atoms with van der Waals surface area (Å²) in [6.45, 7) is 4.62. The lowest BCUT2D eigenvalue weighted by molar-refractivity contribution is 0.0440. The first-order chi connectivity index (χ1) is 10.6. The molecule has 0 saturated carbocycles. The minimum absolute atomic E-state index is 0.106. The Morgan fingerprint density at radius 2 is 2.23 bits per heavy atom. The lowest BCUT2D eigenvalue weighted by atomic mass is 10.1. The van der Waals surface area contributed by atoms with Crippen LogP contribution in [-0.2, 0) is 4.74 Å². The number of nitrogens with two attached hydrogens (primary N) is 1. The van der Waals surface area contributed by atoms with Gasteiger partial charge in [0.15, 0.2) is 0 Å². The number of nitrogens with one attached hydrogen (secondary N) is 1. The van der Waals surface area contributed by atoms with E-state index in [-0.39, 0.29) is 12.1 Å². The molecule has 2 amide bonds. The van der Waals surface area contributed by atoms with Crippen molar-refractivity contribution in [2.24, 2.45) is 5.73 Å². The number of carbonyl (C=O) groups is 1. The van der Waals surface area contributed by atoms with E-state index < -0.39 is 0 Å². The Bertz CT molecular complexity index is 457. The van der Waals surface area contributed by atoms with E-state index in [0.29, 0.717) is 31.1 Å². The molecule has 0 radical (unpaired) electrons. The van der Waals surface area contributed by atoms with Crippen molar-refractivity contribution >= 4 is 17.6 Å². The molecule has 0 fully saturated rings. The smallest absolute Gasteiger partial charge is 0.314 e. The summed E-state index contributed by atoms with van der Waals surface area (Å²) in [5, 5.41) is 3.73. The van der Waals surface area contributed by atoms with Gasteiger partial charge in [0, 0.05) is 24.7 Å². The van der Waals surface area contributed by atoms with Crippen molar-refractivity contribution in [2.75, 3.05) is 33.3 Å². The lowest BCUT2D eigenvalue weighted by Crippen LogP contribution is -2.37. The predicted molar refractivity (Wildman–Crippen MR) is 90.1 cm³/mol. The van der Waals surface area contributed by atoms with E-state index in [1.165, 1.54) is 0 Å². The number of benzene rings is 1. The van der Waals surface area contributed by atoms with Crippen LogP contribution in [0.1, 0.15) is 31.4 Å². The normalized spacial score (nSPS) is 12.1. The Kier molecular flexibility index (Phi) is 8.89. The van der Waals surface area contributed by atoms with Gasteiger partial charge in [-0.15, -0.1) is 0 Å². The molecule has 0 saturated heterocycles. The number of hydrogen-bond acceptors (Lipinski definition) is 3. The molecule has 0 bridgehead atoms. The Morgan fingerprint density at radius 3 is 2.82 bits per heavy atom. The number of amides is 2. The number of rotatable bonds is 10. The summed E-state index contributed by atoms with van der Waals surface area (Å²) in [5.41, 5.74) is 6.43. The Morgan fingerprint density at radius 1 is 1.45 bits per heavy atom. The van der Waals surface area contributed by atoms with E-state index in [1.807, 2.05) is 38.2 Å². The molecule has 1 rings (SSSR count). The fourth-order valence-corrected chi connectivity index (χ4v) is 2.43. The zero-order chi connectivity index (χ0) is 16.4. The van der Waals surface area contributed by atoms with Crippen molar-refractivity contribution in [1.82, 2.24) is 10.2 Å². The Hall–Kier alpha value is -1.30. The monoisotopic (exact) mass is 327 g/mol. The SMILES string of the molecule is CCCN(CCC(OCCNC)c1cccc(Cl)c1)C(N)=O.